The zero-order valence-corrected chi connectivity index (χ0v) is 15.4. The van der Waals surface area contributed by atoms with Crippen LogP contribution in [0.1, 0.15) is 17.8 Å². The van der Waals surface area contributed by atoms with Crippen LogP contribution < -0.4 is 5.32 Å². The van der Waals surface area contributed by atoms with Gasteiger partial charge in [-0.3, -0.25) is 9.08 Å². The second-order valence-electron chi connectivity index (χ2n) is 6.11. The van der Waals surface area contributed by atoms with Gasteiger partial charge in [0.05, 0.1) is 29.5 Å². The summed E-state index contributed by atoms with van der Waals surface area (Å²) in [7, 11) is 1.89. The van der Waals surface area contributed by atoms with Crippen molar-refractivity contribution < 1.29 is 5.11 Å². The van der Waals surface area contributed by atoms with Gasteiger partial charge in [0.1, 0.15) is 5.00 Å². The van der Waals surface area contributed by atoms with Gasteiger partial charge in [0.15, 0.2) is 11.5 Å². The lowest BCUT2D eigenvalue weighted by molar-refractivity contribution is 0.288. The molecule has 0 amide bonds. The van der Waals surface area contributed by atoms with E-state index < -0.39 is 0 Å². The molecule has 4 aromatic heterocycles. The molecule has 0 aliphatic rings. The number of aromatic nitrogens is 6. The van der Waals surface area contributed by atoms with E-state index >= 15 is 0 Å². The summed E-state index contributed by atoms with van der Waals surface area (Å²) in [4.78, 5) is 9.27. The van der Waals surface area contributed by atoms with E-state index in [4.69, 9.17) is 10.1 Å². The molecule has 0 radical (unpaired) electrons. The lowest BCUT2D eigenvalue weighted by Crippen LogP contribution is -2.03. The van der Waals surface area contributed by atoms with Gasteiger partial charge in [0, 0.05) is 31.6 Å². The van der Waals surface area contributed by atoms with E-state index in [1.165, 1.54) is 11.5 Å². The highest BCUT2D eigenvalue weighted by Gasteiger charge is 2.14. The summed E-state index contributed by atoms with van der Waals surface area (Å²) >= 11 is 1.39. The van der Waals surface area contributed by atoms with Crippen molar-refractivity contribution >= 4 is 28.0 Å². The number of aliphatic hydroxyl groups excluding tert-OH is 1. The Labute approximate surface area is 154 Å². The third kappa shape index (κ3) is 3.18. The van der Waals surface area contributed by atoms with Crippen LogP contribution in [0.5, 0.6) is 0 Å². The first-order valence-corrected chi connectivity index (χ1v) is 9.08. The van der Waals surface area contributed by atoms with E-state index in [1.54, 1.807) is 4.68 Å². The average molecular weight is 369 g/mol. The molecule has 0 bridgehead atoms. The molecular formula is C17H19N7OS. The molecule has 0 unspecified atom stereocenters. The monoisotopic (exact) mass is 369 g/mol. The van der Waals surface area contributed by atoms with Crippen molar-refractivity contribution in [1.82, 2.24) is 28.5 Å². The van der Waals surface area contributed by atoms with Crippen LogP contribution in [0.4, 0.5) is 10.8 Å². The normalized spacial score (nSPS) is 11.3. The molecule has 0 fully saturated rings. The molecule has 0 atom stereocenters. The summed E-state index contributed by atoms with van der Waals surface area (Å²) in [5, 5.41) is 17.7. The number of hydrogen-bond acceptors (Lipinski definition) is 7. The van der Waals surface area contributed by atoms with Crippen molar-refractivity contribution in [3.05, 3.63) is 42.2 Å². The molecule has 0 aromatic carbocycles. The zero-order valence-electron chi connectivity index (χ0n) is 14.5. The molecule has 9 heteroatoms. The molecule has 0 saturated heterocycles. The second kappa shape index (κ2) is 6.85. The molecule has 0 aliphatic carbocycles. The van der Waals surface area contributed by atoms with Crippen LogP contribution in [0.3, 0.4) is 0 Å². The van der Waals surface area contributed by atoms with Gasteiger partial charge >= 0.3 is 0 Å². The average Bonchev–Trinajstić information content (AvgIpc) is 3.33. The van der Waals surface area contributed by atoms with Gasteiger partial charge in [-0.15, -0.1) is 0 Å². The Morgan fingerprint density at radius 3 is 2.85 bits per heavy atom. The van der Waals surface area contributed by atoms with Crippen molar-refractivity contribution in [1.29, 1.82) is 0 Å². The van der Waals surface area contributed by atoms with Gasteiger partial charge < -0.3 is 10.4 Å². The van der Waals surface area contributed by atoms with Crippen LogP contribution in [0, 0.1) is 6.92 Å². The van der Waals surface area contributed by atoms with Gasteiger partial charge in [-0.2, -0.15) is 9.47 Å². The van der Waals surface area contributed by atoms with Crippen molar-refractivity contribution in [2.45, 2.75) is 19.8 Å². The molecule has 8 nitrogen and oxygen atoms in total. The molecule has 0 spiro atoms. The van der Waals surface area contributed by atoms with Crippen LogP contribution in [-0.2, 0) is 13.5 Å². The lowest BCUT2D eigenvalue weighted by Gasteiger charge is -2.09. The molecule has 4 aromatic rings. The highest BCUT2D eigenvalue weighted by atomic mass is 32.1. The number of nitrogens with zero attached hydrogens (tertiary/aromatic N) is 6. The van der Waals surface area contributed by atoms with E-state index in [0.29, 0.717) is 18.7 Å². The number of nitrogens with one attached hydrogen (secondary N) is 1. The van der Waals surface area contributed by atoms with Gasteiger partial charge in [-0.25, -0.2) is 9.97 Å². The quantitative estimate of drug-likeness (QED) is 0.543. The number of aliphatic hydroxyl groups is 1. The van der Waals surface area contributed by atoms with Crippen LogP contribution in [0.15, 0.2) is 30.9 Å². The van der Waals surface area contributed by atoms with Crippen LogP contribution >= 0.6 is 11.5 Å². The van der Waals surface area contributed by atoms with Gasteiger partial charge in [-0.05, 0) is 37.4 Å². The smallest absolute Gasteiger partial charge is 0.180 e. The number of imidazole rings is 1. The topological polar surface area (TPSA) is 93.2 Å². The number of aryl methyl sites for hydroxylation is 3. The Morgan fingerprint density at radius 1 is 1.27 bits per heavy atom. The standard InChI is InChI=1S/C17H19N7OS/c1-11-6-15(26-22-11)21-16-17-18-8-14(12-7-19-23(2)9-12)24(17)10-13(20-16)4-3-5-25/h6-10,25H,3-5H2,1-2H3,(H,20,21). The van der Waals surface area contributed by atoms with E-state index in [-0.39, 0.29) is 6.61 Å². The number of hydrogen-bond donors (Lipinski definition) is 2. The van der Waals surface area contributed by atoms with Crippen molar-refractivity contribution in [2.24, 2.45) is 7.05 Å². The third-order valence-electron chi connectivity index (χ3n) is 4.00. The maximum Gasteiger partial charge on any atom is 0.180 e. The maximum absolute atomic E-state index is 9.16. The van der Waals surface area contributed by atoms with Gasteiger partial charge in [0.25, 0.3) is 0 Å². The maximum atomic E-state index is 9.16. The van der Waals surface area contributed by atoms with E-state index in [1.807, 2.05) is 49.2 Å². The number of rotatable bonds is 6. The lowest BCUT2D eigenvalue weighted by atomic mass is 10.2. The predicted octanol–water partition coefficient (Wildman–Crippen LogP) is 2.56. The fourth-order valence-corrected chi connectivity index (χ4v) is 3.47. The third-order valence-corrected chi connectivity index (χ3v) is 4.80. The van der Waals surface area contributed by atoms with E-state index in [9.17, 15) is 0 Å². The molecular weight excluding hydrogens is 350 g/mol. The van der Waals surface area contributed by atoms with Gasteiger partial charge in [-0.1, -0.05) is 0 Å². The summed E-state index contributed by atoms with van der Waals surface area (Å²) in [6.45, 7) is 2.09. The molecule has 134 valence electrons. The van der Waals surface area contributed by atoms with Crippen LogP contribution in [0.2, 0.25) is 0 Å². The first-order chi connectivity index (χ1) is 12.6. The largest absolute Gasteiger partial charge is 0.396 e. The van der Waals surface area contributed by atoms with E-state index in [0.717, 1.165) is 33.3 Å². The van der Waals surface area contributed by atoms with E-state index in [2.05, 4.69) is 19.8 Å². The predicted molar refractivity (Wildman–Crippen MR) is 101 cm³/mol. The molecule has 4 rings (SSSR count). The minimum absolute atomic E-state index is 0.135. The summed E-state index contributed by atoms with van der Waals surface area (Å²) < 4.78 is 8.09. The second-order valence-corrected chi connectivity index (χ2v) is 6.91. The highest BCUT2D eigenvalue weighted by Crippen LogP contribution is 2.27. The van der Waals surface area contributed by atoms with Crippen molar-refractivity contribution in [3.63, 3.8) is 0 Å². The fraction of sp³-hybridized carbons (Fsp3) is 0.294. The van der Waals surface area contributed by atoms with Crippen LogP contribution in [-0.4, -0.2) is 40.2 Å². The SMILES string of the molecule is Cc1cc(Nc2nc(CCCO)cn3c(-c4cnn(C)c4)cnc23)sn1. The molecule has 2 N–H and O–H groups in total. The number of fused-ring (bicyclic) bond motifs is 1. The van der Waals surface area contributed by atoms with Crippen molar-refractivity contribution in [2.75, 3.05) is 11.9 Å². The molecule has 0 saturated carbocycles. The van der Waals surface area contributed by atoms with Crippen LogP contribution in [0.25, 0.3) is 16.9 Å². The first kappa shape index (κ1) is 16.7. The highest BCUT2D eigenvalue weighted by molar-refractivity contribution is 7.10. The summed E-state index contributed by atoms with van der Waals surface area (Å²) in [5.41, 5.74) is 4.52. The minimum Gasteiger partial charge on any atom is -0.396 e. The Kier molecular flexibility index (Phi) is 4.39. The molecule has 0 aliphatic heterocycles. The summed E-state index contributed by atoms with van der Waals surface area (Å²) in [5.74, 6) is 0.680. The fourth-order valence-electron chi connectivity index (χ4n) is 2.81. The summed E-state index contributed by atoms with van der Waals surface area (Å²) in [6.07, 6.45) is 8.92. The molecule has 26 heavy (non-hydrogen) atoms. The van der Waals surface area contributed by atoms with Crippen molar-refractivity contribution in [3.8, 4) is 11.3 Å². The Bertz CT molecular complexity index is 1050. The Hall–Kier alpha value is -2.78. The summed E-state index contributed by atoms with van der Waals surface area (Å²) in [6, 6.07) is 1.98. The zero-order chi connectivity index (χ0) is 18.1. The minimum atomic E-state index is 0.135. The number of anilines is 2. The Balaban J connectivity index is 1.82. The molecule has 4 heterocycles. The first-order valence-electron chi connectivity index (χ1n) is 8.31. The van der Waals surface area contributed by atoms with Gasteiger partial charge in [0.2, 0.25) is 0 Å². The Morgan fingerprint density at radius 2 is 2.15 bits per heavy atom.